The molecule has 0 saturated heterocycles. The summed E-state index contributed by atoms with van der Waals surface area (Å²) >= 11 is 0. The Bertz CT molecular complexity index is 1010. The van der Waals surface area contributed by atoms with E-state index in [1.54, 1.807) is 32.2 Å². The number of benzene rings is 2. The van der Waals surface area contributed by atoms with Crippen LogP contribution in [0.4, 0.5) is 5.69 Å². The minimum absolute atomic E-state index is 0.317. The van der Waals surface area contributed by atoms with Crippen molar-refractivity contribution < 1.29 is 23.8 Å². The number of amides is 2. The number of methoxy groups -OCH3 is 1. The van der Waals surface area contributed by atoms with Crippen LogP contribution in [-0.2, 0) is 9.59 Å². The van der Waals surface area contributed by atoms with Crippen LogP contribution in [0.15, 0.2) is 48.5 Å². The second-order valence-corrected chi connectivity index (χ2v) is 8.16. The Morgan fingerprint density at radius 3 is 2.47 bits per heavy atom. The monoisotopic (exact) mass is 436 g/mol. The lowest BCUT2D eigenvalue weighted by molar-refractivity contribution is -0.123. The lowest BCUT2D eigenvalue weighted by Gasteiger charge is -2.31. The van der Waals surface area contributed by atoms with Crippen molar-refractivity contribution >= 4 is 23.6 Å². The molecule has 1 aliphatic carbocycles. The highest BCUT2D eigenvalue weighted by Crippen LogP contribution is 2.46. The number of nitrogens with one attached hydrogen (secondary N) is 2. The first-order valence-corrected chi connectivity index (χ1v) is 10.9. The number of hydrogen-bond donors (Lipinski definition) is 2. The first-order valence-electron chi connectivity index (χ1n) is 10.9. The molecule has 168 valence electrons. The van der Waals surface area contributed by atoms with Gasteiger partial charge in [-0.15, -0.1) is 0 Å². The van der Waals surface area contributed by atoms with Crippen LogP contribution in [-0.4, -0.2) is 30.8 Å². The van der Waals surface area contributed by atoms with Gasteiger partial charge < -0.3 is 24.8 Å². The molecule has 2 aromatic carbocycles. The number of rotatable bonds is 6. The fourth-order valence-electron chi connectivity index (χ4n) is 3.93. The third kappa shape index (κ3) is 5.04. The molecule has 2 N–H and O–H groups in total. The molecular weight excluding hydrogens is 408 g/mol. The van der Waals surface area contributed by atoms with E-state index in [0.29, 0.717) is 17.2 Å². The van der Waals surface area contributed by atoms with Gasteiger partial charge in [0.15, 0.2) is 11.5 Å². The van der Waals surface area contributed by atoms with Crippen molar-refractivity contribution in [3.63, 3.8) is 0 Å². The quantitative estimate of drug-likeness (QED) is 0.660. The van der Waals surface area contributed by atoms with Crippen molar-refractivity contribution in [2.24, 2.45) is 0 Å². The van der Waals surface area contributed by atoms with Crippen LogP contribution >= 0.6 is 0 Å². The SMILES string of the molecule is COc1ccc(/C=C/C(=O)NC(C)C(=O)Nc2ccc3c(c2)OC2(CCCCC2)O3)cc1. The third-order valence-electron chi connectivity index (χ3n) is 5.71. The fourth-order valence-corrected chi connectivity index (χ4v) is 3.93. The first kappa shape index (κ1) is 21.7. The predicted molar refractivity (Wildman–Crippen MR) is 122 cm³/mol. The number of fused-ring (bicyclic) bond motifs is 1. The molecule has 32 heavy (non-hydrogen) atoms. The van der Waals surface area contributed by atoms with Crippen LogP contribution in [0, 0.1) is 0 Å². The van der Waals surface area contributed by atoms with Crippen LogP contribution in [0.5, 0.6) is 17.2 Å². The van der Waals surface area contributed by atoms with Gasteiger partial charge in [-0.1, -0.05) is 18.6 Å². The Labute approximate surface area is 187 Å². The Balaban J connectivity index is 1.30. The standard InChI is InChI=1S/C25H28N2O5/c1-17(26-23(28)13-8-18-6-10-20(30-2)11-7-18)24(29)27-19-9-12-21-22(16-19)32-25(31-21)14-4-3-5-15-25/h6-13,16-17H,3-5,14-15H2,1-2H3,(H,26,28)(H,27,29)/b13-8+. The van der Waals surface area contributed by atoms with Crippen molar-refractivity contribution in [2.75, 3.05) is 12.4 Å². The zero-order valence-corrected chi connectivity index (χ0v) is 18.4. The summed E-state index contributed by atoms with van der Waals surface area (Å²) < 4.78 is 17.3. The maximum Gasteiger partial charge on any atom is 0.251 e. The first-order chi connectivity index (χ1) is 15.5. The normalized spacial score (nSPS) is 17.2. The van der Waals surface area contributed by atoms with Gasteiger partial charge in [-0.3, -0.25) is 9.59 Å². The van der Waals surface area contributed by atoms with Crippen LogP contribution in [0.3, 0.4) is 0 Å². The van der Waals surface area contributed by atoms with Crippen molar-refractivity contribution in [1.82, 2.24) is 5.32 Å². The molecule has 0 bridgehead atoms. The van der Waals surface area contributed by atoms with Crippen molar-refractivity contribution in [3.8, 4) is 17.2 Å². The average molecular weight is 437 g/mol. The number of carbonyl (C=O) groups is 2. The molecule has 4 rings (SSSR count). The van der Waals surface area contributed by atoms with E-state index in [4.69, 9.17) is 14.2 Å². The Morgan fingerprint density at radius 1 is 1.03 bits per heavy atom. The van der Waals surface area contributed by atoms with E-state index >= 15 is 0 Å². The molecule has 1 heterocycles. The molecule has 1 unspecified atom stereocenters. The topological polar surface area (TPSA) is 85.9 Å². The molecular formula is C25H28N2O5. The Hall–Kier alpha value is -3.48. The highest BCUT2D eigenvalue weighted by molar-refractivity contribution is 6.00. The molecule has 1 aliphatic heterocycles. The second kappa shape index (κ2) is 9.34. The van der Waals surface area contributed by atoms with Crippen molar-refractivity contribution in [2.45, 2.75) is 50.9 Å². The predicted octanol–water partition coefficient (Wildman–Crippen LogP) is 4.28. The van der Waals surface area contributed by atoms with Crippen molar-refractivity contribution in [1.29, 1.82) is 0 Å². The minimum Gasteiger partial charge on any atom is -0.497 e. The molecule has 1 spiro atoms. The highest BCUT2D eigenvalue weighted by atomic mass is 16.7. The smallest absolute Gasteiger partial charge is 0.251 e. The third-order valence-corrected chi connectivity index (χ3v) is 5.71. The van der Waals surface area contributed by atoms with Gasteiger partial charge in [-0.2, -0.15) is 0 Å². The summed E-state index contributed by atoms with van der Waals surface area (Å²) in [6.45, 7) is 1.64. The van der Waals surface area contributed by atoms with Crippen LogP contribution < -0.4 is 24.8 Å². The number of ether oxygens (including phenoxy) is 3. The maximum absolute atomic E-state index is 12.6. The van der Waals surface area contributed by atoms with Gasteiger partial charge in [0.2, 0.25) is 11.8 Å². The molecule has 1 atom stereocenters. The van der Waals surface area contributed by atoms with Gasteiger partial charge in [-0.25, -0.2) is 0 Å². The highest BCUT2D eigenvalue weighted by Gasteiger charge is 2.42. The number of anilines is 1. The van der Waals surface area contributed by atoms with Crippen LogP contribution in [0.1, 0.15) is 44.6 Å². The zero-order valence-electron chi connectivity index (χ0n) is 18.4. The molecule has 7 nitrogen and oxygen atoms in total. The summed E-state index contributed by atoms with van der Waals surface area (Å²) in [6, 6.07) is 12.0. The van der Waals surface area contributed by atoms with E-state index < -0.39 is 11.8 Å². The lowest BCUT2D eigenvalue weighted by atomic mass is 9.94. The summed E-state index contributed by atoms with van der Waals surface area (Å²) in [7, 11) is 1.60. The molecule has 2 aliphatic rings. The average Bonchev–Trinajstić information content (AvgIpc) is 3.14. The van der Waals surface area contributed by atoms with E-state index in [1.165, 1.54) is 12.5 Å². The Morgan fingerprint density at radius 2 is 1.75 bits per heavy atom. The zero-order chi connectivity index (χ0) is 22.6. The van der Waals surface area contributed by atoms with E-state index in [9.17, 15) is 9.59 Å². The van der Waals surface area contributed by atoms with Crippen LogP contribution in [0.25, 0.3) is 6.08 Å². The molecule has 0 radical (unpaired) electrons. The van der Waals surface area contributed by atoms with E-state index in [0.717, 1.165) is 37.0 Å². The van der Waals surface area contributed by atoms with Crippen LogP contribution in [0.2, 0.25) is 0 Å². The molecule has 1 saturated carbocycles. The van der Waals surface area contributed by atoms with Gasteiger partial charge >= 0.3 is 0 Å². The molecule has 7 heteroatoms. The molecule has 1 fully saturated rings. The van der Waals surface area contributed by atoms with Gasteiger partial charge in [0.1, 0.15) is 11.8 Å². The second-order valence-electron chi connectivity index (χ2n) is 8.16. The van der Waals surface area contributed by atoms with E-state index in [2.05, 4.69) is 10.6 Å². The van der Waals surface area contributed by atoms with Crippen molar-refractivity contribution in [3.05, 3.63) is 54.1 Å². The minimum atomic E-state index is -0.710. The number of hydrogen-bond acceptors (Lipinski definition) is 5. The largest absolute Gasteiger partial charge is 0.497 e. The summed E-state index contributed by atoms with van der Waals surface area (Å²) in [5.74, 6) is 0.865. The summed E-state index contributed by atoms with van der Waals surface area (Å²) in [6.07, 6.45) is 8.19. The molecule has 0 aromatic heterocycles. The van der Waals surface area contributed by atoms with Gasteiger partial charge in [0, 0.05) is 30.7 Å². The summed E-state index contributed by atoms with van der Waals surface area (Å²) in [4.78, 5) is 24.7. The van der Waals surface area contributed by atoms with E-state index in [1.807, 2.05) is 30.3 Å². The summed E-state index contributed by atoms with van der Waals surface area (Å²) in [5.41, 5.74) is 1.45. The van der Waals surface area contributed by atoms with Gasteiger partial charge in [-0.05, 0) is 55.7 Å². The molecule has 2 amide bonds. The fraction of sp³-hybridized carbons (Fsp3) is 0.360. The summed E-state index contributed by atoms with van der Waals surface area (Å²) in [5, 5.41) is 5.50. The number of carbonyl (C=O) groups excluding carboxylic acids is 2. The molecule has 2 aromatic rings. The lowest BCUT2D eigenvalue weighted by Crippen LogP contribution is -2.40. The maximum atomic E-state index is 12.6. The van der Waals surface area contributed by atoms with Gasteiger partial charge in [0.25, 0.3) is 5.79 Å². The van der Waals surface area contributed by atoms with E-state index in [-0.39, 0.29) is 11.8 Å². The van der Waals surface area contributed by atoms with Gasteiger partial charge in [0.05, 0.1) is 7.11 Å². The Kier molecular flexibility index (Phi) is 6.35.